The highest BCUT2D eigenvalue weighted by molar-refractivity contribution is 8.93. The summed E-state index contributed by atoms with van der Waals surface area (Å²) in [6, 6.07) is 13.8. The number of anilines is 2. The molecule has 3 aromatic rings. The van der Waals surface area contributed by atoms with E-state index in [0.717, 1.165) is 22.5 Å². The van der Waals surface area contributed by atoms with E-state index in [1.807, 2.05) is 49.8 Å². The summed E-state index contributed by atoms with van der Waals surface area (Å²) in [7, 11) is 7.26. The summed E-state index contributed by atoms with van der Waals surface area (Å²) >= 11 is 1.46. The van der Waals surface area contributed by atoms with Crippen molar-refractivity contribution >= 4 is 45.1 Å². The van der Waals surface area contributed by atoms with Crippen LogP contribution in [0.25, 0.3) is 11.3 Å². The Morgan fingerprint density at radius 1 is 1.07 bits per heavy atom. The Labute approximate surface area is 191 Å². The summed E-state index contributed by atoms with van der Waals surface area (Å²) in [6.07, 6.45) is 0. The number of aromatic nitrogens is 1. The topological polar surface area (TPSA) is 82.5 Å². The minimum Gasteiger partial charge on any atom is -0.496 e. The van der Waals surface area contributed by atoms with Gasteiger partial charge in [0.05, 0.1) is 32.0 Å². The monoisotopic (exact) mass is 491 g/mol. The van der Waals surface area contributed by atoms with Crippen molar-refractivity contribution in [3.8, 4) is 22.8 Å². The third kappa shape index (κ3) is 5.64. The normalized spacial score (nSPS) is 10.0. The Balaban J connectivity index is 0.00000320. The molecule has 0 aliphatic heterocycles. The van der Waals surface area contributed by atoms with Crippen molar-refractivity contribution in [3.05, 3.63) is 53.4 Å². The highest BCUT2D eigenvalue weighted by atomic mass is 79.9. The van der Waals surface area contributed by atoms with Crippen LogP contribution >= 0.6 is 28.3 Å². The Kier molecular flexibility index (Phi) is 8.49. The van der Waals surface area contributed by atoms with Crippen molar-refractivity contribution in [2.75, 3.05) is 38.5 Å². The summed E-state index contributed by atoms with van der Waals surface area (Å²) in [6.45, 7) is 0.392. The fourth-order valence-corrected chi connectivity index (χ4v) is 3.55. The first-order valence-electron chi connectivity index (χ1n) is 9.04. The number of rotatable bonds is 7. The van der Waals surface area contributed by atoms with Gasteiger partial charge in [-0.2, -0.15) is 0 Å². The number of halogens is 1. The van der Waals surface area contributed by atoms with Crippen LogP contribution in [0.1, 0.15) is 5.56 Å². The van der Waals surface area contributed by atoms with Crippen LogP contribution < -0.4 is 25.0 Å². The van der Waals surface area contributed by atoms with Crippen LogP contribution in [-0.2, 0) is 6.54 Å². The van der Waals surface area contributed by atoms with Gasteiger partial charge in [0, 0.05) is 30.7 Å². The second-order valence-electron chi connectivity index (χ2n) is 6.47. The molecule has 0 spiro atoms. The van der Waals surface area contributed by atoms with Crippen LogP contribution in [0, 0.1) is 5.41 Å². The highest BCUT2D eigenvalue weighted by Gasteiger charge is 2.11. The molecule has 0 aliphatic carbocycles. The molecule has 30 heavy (non-hydrogen) atoms. The predicted octanol–water partition coefficient (Wildman–Crippen LogP) is 4.61. The minimum absolute atomic E-state index is 0. The lowest BCUT2D eigenvalue weighted by atomic mass is 10.1. The van der Waals surface area contributed by atoms with E-state index in [9.17, 15) is 0 Å². The van der Waals surface area contributed by atoms with Crippen LogP contribution in [0.3, 0.4) is 0 Å². The summed E-state index contributed by atoms with van der Waals surface area (Å²) in [5, 5.41) is 16.8. The Morgan fingerprint density at radius 2 is 1.70 bits per heavy atom. The van der Waals surface area contributed by atoms with E-state index >= 15 is 0 Å². The lowest BCUT2D eigenvalue weighted by molar-refractivity contribution is 0.384. The zero-order valence-electron chi connectivity index (χ0n) is 17.4. The molecule has 0 aliphatic rings. The van der Waals surface area contributed by atoms with Crippen molar-refractivity contribution in [2.24, 2.45) is 0 Å². The fraction of sp³-hybridized carbons (Fsp3) is 0.238. The van der Waals surface area contributed by atoms with Crippen LogP contribution in [0.4, 0.5) is 10.8 Å². The molecular weight excluding hydrogens is 466 g/mol. The maximum absolute atomic E-state index is 8.18. The van der Waals surface area contributed by atoms with E-state index in [0.29, 0.717) is 23.2 Å². The largest absolute Gasteiger partial charge is 0.496 e. The van der Waals surface area contributed by atoms with Crippen LogP contribution in [-0.4, -0.2) is 39.3 Å². The van der Waals surface area contributed by atoms with Crippen molar-refractivity contribution in [1.29, 1.82) is 5.41 Å². The van der Waals surface area contributed by atoms with Gasteiger partial charge in [0.1, 0.15) is 11.5 Å². The Bertz CT molecular complexity index is 954. The van der Waals surface area contributed by atoms with Crippen LogP contribution in [0.5, 0.6) is 11.5 Å². The first-order valence-corrected chi connectivity index (χ1v) is 9.92. The molecule has 0 saturated carbocycles. The van der Waals surface area contributed by atoms with Gasteiger partial charge in [-0.1, -0.05) is 18.2 Å². The third-order valence-electron chi connectivity index (χ3n) is 4.39. The second-order valence-corrected chi connectivity index (χ2v) is 7.33. The summed E-state index contributed by atoms with van der Waals surface area (Å²) in [4.78, 5) is 6.64. The number of nitrogens with one attached hydrogen (secondary N) is 3. The summed E-state index contributed by atoms with van der Waals surface area (Å²) in [5.74, 6) is 1.58. The van der Waals surface area contributed by atoms with Gasteiger partial charge in [-0.25, -0.2) is 4.98 Å². The van der Waals surface area contributed by atoms with Crippen molar-refractivity contribution in [3.63, 3.8) is 0 Å². The van der Waals surface area contributed by atoms with Crippen LogP contribution in [0.15, 0.2) is 47.8 Å². The molecule has 3 rings (SSSR count). The van der Waals surface area contributed by atoms with Crippen molar-refractivity contribution < 1.29 is 9.47 Å². The number of hydrogen-bond acceptors (Lipinski definition) is 6. The van der Waals surface area contributed by atoms with Crippen molar-refractivity contribution in [2.45, 2.75) is 6.54 Å². The van der Waals surface area contributed by atoms with E-state index in [1.165, 1.54) is 11.3 Å². The Morgan fingerprint density at radius 3 is 2.27 bits per heavy atom. The molecule has 160 valence electrons. The molecule has 0 bridgehead atoms. The molecule has 0 saturated heterocycles. The molecule has 0 radical (unpaired) electrons. The van der Waals surface area contributed by atoms with Gasteiger partial charge < -0.3 is 25.0 Å². The standard InChI is InChI=1S/C21H25N5O2S.BrH/c1-26(2)15-10-8-14(9-11-15)17-13-29-21(24-17)25-20(22)23-12-16-18(27-3)6-5-7-19(16)28-4;/h5-11,13H,12H2,1-4H3,(H3,22,23,24,25);1H. The zero-order chi connectivity index (χ0) is 20.8. The molecule has 2 aromatic carbocycles. The van der Waals surface area contributed by atoms with E-state index in [2.05, 4.69) is 32.7 Å². The number of ether oxygens (including phenoxy) is 2. The van der Waals surface area contributed by atoms with Gasteiger partial charge in [-0.3, -0.25) is 5.41 Å². The molecule has 1 aromatic heterocycles. The third-order valence-corrected chi connectivity index (χ3v) is 5.15. The molecule has 7 nitrogen and oxygen atoms in total. The van der Waals surface area contributed by atoms with Crippen molar-refractivity contribution in [1.82, 2.24) is 10.3 Å². The number of guanidine groups is 1. The zero-order valence-corrected chi connectivity index (χ0v) is 19.9. The molecule has 1 heterocycles. The average Bonchev–Trinajstić information content (AvgIpc) is 3.20. The van der Waals surface area contributed by atoms with E-state index in [1.54, 1.807) is 14.2 Å². The van der Waals surface area contributed by atoms with Gasteiger partial charge in [0.25, 0.3) is 0 Å². The van der Waals surface area contributed by atoms with E-state index in [4.69, 9.17) is 14.9 Å². The number of hydrogen-bond donors (Lipinski definition) is 3. The van der Waals surface area contributed by atoms with Gasteiger partial charge >= 0.3 is 0 Å². The molecule has 3 N–H and O–H groups in total. The smallest absolute Gasteiger partial charge is 0.195 e. The van der Waals surface area contributed by atoms with E-state index in [-0.39, 0.29) is 22.9 Å². The first kappa shape index (κ1) is 23.5. The molecule has 0 atom stereocenters. The van der Waals surface area contributed by atoms with Gasteiger partial charge in [0.15, 0.2) is 11.1 Å². The SMILES string of the molecule is Br.COc1cccc(OC)c1CNC(=N)Nc1nc(-c2ccc(N(C)C)cc2)cs1. The number of nitrogens with zero attached hydrogens (tertiary/aromatic N) is 2. The van der Waals surface area contributed by atoms with Gasteiger partial charge in [-0.15, -0.1) is 28.3 Å². The highest BCUT2D eigenvalue weighted by Crippen LogP contribution is 2.28. The summed E-state index contributed by atoms with van der Waals surface area (Å²) in [5.41, 5.74) is 3.91. The molecule has 9 heteroatoms. The van der Waals surface area contributed by atoms with E-state index < -0.39 is 0 Å². The lowest BCUT2D eigenvalue weighted by Crippen LogP contribution is -2.29. The maximum Gasteiger partial charge on any atom is 0.195 e. The quantitative estimate of drug-likeness (QED) is 0.330. The number of thiazole rings is 1. The average molecular weight is 492 g/mol. The number of benzene rings is 2. The second kappa shape index (κ2) is 10.8. The molecule has 0 unspecified atom stereocenters. The lowest BCUT2D eigenvalue weighted by Gasteiger charge is -2.14. The molecular formula is C21H26BrN5O2S. The molecule has 0 amide bonds. The van der Waals surface area contributed by atoms with Gasteiger partial charge in [0.2, 0.25) is 0 Å². The van der Waals surface area contributed by atoms with Gasteiger partial charge in [-0.05, 0) is 24.3 Å². The summed E-state index contributed by atoms with van der Waals surface area (Å²) < 4.78 is 10.8. The minimum atomic E-state index is 0. The first-order chi connectivity index (χ1) is 14.0. The predicted molar refractivity (Wildman–Crippen MR) is 130 cm³/mol. The van der Waals surface area contributed by atoms with Crippen LogP contribution in [0.2, 0.25) is 0 Å². The number of methoxy groups -OCH3 is 2. The fourth-order valence-electron chi connectivity index (χ4n) is 2.82. The molecule has 0 fully saturated rings. The maximum atomic E-state index is 8.18. The Hall–Kier alpha value is -2.78.